The number of nitrogens with zero attached hydrogens (tertiary/aromatic N) is 4. The van der Waals surface area contributed by atoms with Gasteiger partial charge in [-0.05, 0) is 77.2 Å². The Labute approximate surface area is 272 Å². The van der Waals surface area contributed by atoms with Crippen molar-refractivity contribution in [2.75, 3.05) is 32.2 Å². The van der Waals surface area contributed by atoms with Crippen LogP contribution in [-0.2, 0) is 4.74 Å². The molecular formula is C31H30Cl2F3N5O3S. The van der Waals surface area contributed by atoms with Crippen LogP contribution in [0.3, 0.4) is 0 Å². The van der Waals surface area contributed by atoms with Crippen molar-refractivity contribution in [3.63, 3.8) is 0 Å². The van der Waals surface area contributed by atoms with Crippen molar-refractivity contribution in [2.24, 2.45) is 0 Å². The van der Waals surface area contributed by atoms with E-state index in [1.807, 2.05) is 6.07 Å². The molecule has 1 N–H and O–H groups in total. The minimum Gasteiger partial charge on any atom is -0.461 e. The van der Waals surface area contributed by atoms with E-state index in [4.69, 9.17) is 32.7 Å². The maximum absolute atomic E-state index is 16.4. The first kappa shape index (κ1) is 33.0. The molecule has 1 amide bonds. The van der Waals surface area contributed by atoms with Crippen molar-refractivity contribution in [3.05, 3.63) is 45.6 Å². The lowest BCUT2D eigenvalue weighted by Gasteiger charge is -2.31. The molecule has 0 atom stereocenters. The van der Waals surface area contributed by atoms with E-state index in [0.717, 1.165) is 56.2 Å². The summed E-state index contributed by atoms with van der Waals surface area (Å²) >= 11 is 13.9. The molecule has 0 aliphatic carbocycles. The van der Waals surface area contributed by atoms with Gasteiger partial charge in [-0.3, -0.25) is 14.6 Å². The standard InChI is InChI=1S/C30H27Cl2F2N5O3S.CH3F/c1-29(2,3)42-28(40)38-26-17(13-35)20-15(6-7-19(33)24(20)43-26)21-18(31)12-16-23(22(21)34)36-27(37-25(16)32)41-14-30-8-4-10-39(30)11-5-9-30;1-2/h6-7,12H,4-5,8-11,14H2,1-3H3,(H,38,40);1H3. The molecule has 0 radical (unpaired) electrons. The van der Waals surface area contributed by atoms with Gasteiger partial charge in [0.15, 0.2) is 5.82 Å². The molecule has 0 saturated carbocycles. The minimum atomic E-state index is -0.831. The highest BCUT2D eigenvalue weighted by Gasteiger charge is 2.45. The zero-order chi connectivity index (χ0) is 32.7. The summed E-state index contributed by atoms with van der Waals surface area (Å²) in [4.78, 5) is 23.5. The van der Waals surface area contributed by atoms with Crippen LogP contribution in [0.25, 0.3) is 32.1 Å². The molecule has 45 heavy (non-hydrogen) atoms. The number of hydrogen-bond donors (Lipinski definition) is 1. The smallest absolute Gasteiger partial charge is 0.412 e. The number of halogens is 5. The number of thiophene rings is 1. The second kappa shape index (κ2) is 12.8. The summed E-state index contributed by atoms with van der Waals surface area (Å²) in [7, 11) is 0.500. The lowest BCUT2D eigenvalue weighted by Crippen LogP contribution is -2.43. The summed E-state index contributed by atoms with van der Waals surface area (Å²) < 4.78 is 52.4. The molecular weight excluding hydrogens is 650 g/mol. The Kier molecular flexibility index (Phi) is 9.38. The van der Waals surface area contributed by atoms with Crippen LogP contribution >= 0.6 is 34.5 Å². The zero-order valence-corrected chi connectivity index (χ0v) is 27.3. The third-order valence-corrected chi connectivity index (χ3v) is 9.58. The molecule has 8 nitrogen and oxygen atoms in total. The Morgan fingerprint density at radius 3 is 2.51 bits per heavy atom. The molecule has 4 heterocycles. The molecule has 6 rings (SSSR count). The summed E-state index contributed by atoms with van der Waals surface area (Å²) in [6.07, 6.45) is 3.39. The Bertz CT molecular complexity index is 1830. The summed E-state index contributed by atoms with van der Waals surface area (Å²) in [5.74, 6) is -1.48. The fourth-order valence-corrected chi connectivity index (χ4v) is 7.66. The molecule has 2 aromatic heterocycles. The molecule has 0 spiro atoms. The van der Waals surface area contributed by atoms with E-state index >= 15 is 8.78 Å². The molecule has 2 aromatic carbocycles. The minimum absolute atomic E-state index is 0.0269. The van der Waals surface area contributed by atoms with Crippen molar-refractivity contribution in [1.29, 1.82) is 5.26 Å². The zero-order valence-electron chi connectivity index (χ0n) is 25.0. The van der Waals surface area contributed by atoms with E-state index in [1.54, 1.807) is 20.8 Å². The first-order chi connectivity index (χ1) is 21.4. The molecule has 0 bridgehead atoms. The third kappa shape index (κ3) is 6.23. The summed E-state index contributed by atoms with van der Waals surface area (Å²) in [6.45, 7) is 7.48. The summed E-state index contributed by atoms with van der Waals surface area (Å²) in [5.41, 5.74) is -1.02. The highest BCUT2D eigenvalue weighted by Crippen LogP contribution is 2.46. The number of nitrogens with one attached hydrogen (secondary N) is 1. The second-order valence-corrected chi connectivity index (χ2v) is 13.6. The average Bonchev–Trinajstić information content (AvgIpc) is 3.67. The molecule has 2 aliphatic rings. The van der Waals surface area contributed by atoms with Gasteiger partial charge in [0.2, 0.25) is 0 Å². The van der Waals surface area contributed by atoms with Crippen molar-refractivity contribution >= 4 is 66.6 Å². The average molecular weight is 681 g/mol. The number of anilines is 1. The Hall–Kier alpha value is -3.37. The maximum Gasteiger partial charge on any atom is 0.412 e. The van der Waals surface area contributed by atoms with E-state index in [0.29, 0.717) is 13.8 Å². The van der Waals surface area contributed by atoms with Crippen LogP contribution in [0.4, 0.5) is 23.0 Å². The van der Waals surface area contributed by atoms with Crippen LogP contribution in [0.5, 0.6) is 6.01 Å². The van der Waals surface area contributed by atoms with E-state index in [1.165, 1.54) is 12.1 Å². The van der Waals surface area contributed by atoms with Crippen molar-refractivity contribution < 1.29 is 27.4 Å². The molecule has 238 valence electrons. The van der Waals surface area contributed by atoms with Gasteiger partial charge in [-0.1, -0.05) is 29.3 Å². The molecule has 0 unspecified atom stereocenters. The van der Waals surface area contributed by atoms with Crippen LogP contribution in [0, 0.1) is 23.0 Å². The molecule has 4 aromatic rings. The number of hydrogen-bond acceptors (Lipinski definition) is 8. The number of alkyl halides is 1. The van der Waals surface area contributed by atoms with E-state index in [-0.39, 0.29) is 64.4 Å². The number of ether oxygens (including phenoxy) is 2. The molecule has 14 heteroatoms. The van der Waals surface area contributed by atoms with E-state index in [2.05, 4.69) is 20.2 Å². The Morgan fingerprint density at radius 2 is 1.87 bits per heavy atom. The van der Waals surface area contributed by atoms with Gasteiger partial charge in [0, 0.05) is 16.3 Å². The normalized spacial score (nSPS) is 15.8. The fourth-order valence-electron chi connectivity index (χ4n) is 6.08. The quantitative estimate of drug-likeness (QED) is 0.210. The first-order valence-corrected chi connectivity index (χ1v) is 15.7. The van der Waals surface area contributed by atoms with Gasteiger partial charge in [-0.15, -0.1) is 11.3 Å². The molecule has 2 aliphatic heterocycles. The van der Waals surface area contributed by atoms with Gasteiger partial charge in [-0.2, -0.15) is 15.2 Å². The van der Waals surface area contributed by atoms with Gasteiger partial charge in [-0.25, -0.2) is 13.6 Å². The number of nitriles is 1. The van der Waals surface area contributed by atoms with Crippen molar-refractivity contribution in [2.45, 2.75) is 57.6 Å². The molecule has 2 saturated heterocycles. The van der Waals surface area contributed by atoms with Gasteiger partial charge >= 0.3 is 12.1 Å². The number of rotatable bonds is 5. The highest BCUT2D eigenvalue weighted by atomic mass is 35.5. The number of carbonyl (C=O) groups excluding carboxylic acids is 1. The lowest BCUT2D eigenvalue weighted by atomic mass is 9.95. The first-order valence-electron chi connectivity index (χ1n) is 14.2. The van der Waals surface area contributed by atoms with Crippen LogP contribution in [0.15, 0.2) is 18.2 Å². The van der Waals surface area contributed by atoms with Crippen LogP contribution < -0.4 is 10.1 Å². The largest absolute Gasteiger partial charge is 0.461 e. The van der Waals surface area contributed by atoms with Crippen molar-refractivity contribution in [3.8, 4) is 23.2 Å². The number of carbonyl (C=O) groups is 1. The Morgan fingerprint density at radius 1 is 1.18 bits per heavy atom. The SMILES string of the molecule is CC(C)(C)OC(=O)Nc1sc2c(F)ccc(-c3c(Cl)cc4c(Cl)nc(OCC56CCCN5CCC6)nc4c3F)c2c1C#N.CF. The predicted octanol–water partition coefficient (Wildman–Crippen LogP) is 8.91. The highest BCUT2D eigenvalue weighted by molar-refractivity contribution is 7.23. The van der Waals surface area contributed by atoms with E-state index < -0.39 is 23.3 Å². The van der Waals surface area contributed by atoms with Gasteiger partial charge in [0.05, 0.1) is 28.0 Å². The topological polar surface area (TPSA) is 100 Å². The van der Waals surface area contributed by atoms with Crippen LogP contribution in [-0.4, -0.2) is 59.0 Å². The van der Waals surface area contributed by atoms with Gasteiger partial charge in [0.25, 0.3) is 0 Å². The van der Waals surface area contributed by atoms with E-state index in [9.17, 15) is 14.4 Å². The van der Waals surface area contributed by atoms with Gasteiger partial charge in [0.1, 0.15) is 39.8 Å². The van der Waals surface area contributed by atoms with Crippen LogP contribution in [0.1, 0.15) is 52.0 Å². The second-order valence-electron chi connectivity index (χ2n) is 11.8. The molecule has 2 fully saturated rings. The number of amides is 1. The summed E-state index contributed by atoms with van der Waals surface area (Å²) in [5, 5.41) is 12.9. The lowest BCUT2D eigenvalue weighted by molar-refractivity contribution is 0.0636. The van der Waals surface area contributed by atoms with Crippen molar-refractivity contribution in [1.82, 2.24) is 14.9 Å². The number of benzene rings is 2. The Balaban J connectivity index is 0.00000196. The fraction of sp³-hybridized carbons (Fsp3) is 0.419. The van der Waals surface area contributed by atoms with Gasteiger partial charge < -0.3 is 9.47 Å². The monoisotopic (exact) mass is 679 g/mol. The predicted molar refractivity (Wildman–Crippen MR) is 170 cm³/mol. The number of aromatic nitrogens is 2. The summed E-state index contributed by atoms with van der Waals surface area (Å²) in [6, 6.07) is 5.89. The van der Waals surface area contributed by atoms with Crippen LogP contribution in [0.2, 0.25) is 10.2 Å². The number of fused-ring (bicyclic) bond motifs is 3. The third-order valence-electron chi connectivity index (χ3n) is 7.88. The maximum atomic E-state index is 16.4.